The van der Waals surface area contributed by atoms with Crippen molar-refractivity contribution in [2.24, 2.45) is 0 Å². The van der Waals surface area contributed by atoms with E-state index in [9.17, 15) is 14.9 Å². The molecule has 0 spiro atoms. The highest BCUT2D eigenvalue weighted by molar-refractivity contribution is 6.00. The number of carbonyl (C=O) groups is 1. The highest BCUT2D eigenvalue weighted by atomic mass is 16.6. The maximum atomic E-state index is 12.8. The van der Waals surface area contributed by atoms with Crippen molar-refractivity contribution in [1.82, 2.24) is 5.32 Å². The summed E-state index contributed by atoms with van der Waals surface area (Å²) >= 11 is 0. The SMILES string of the molecule is CCN(CC)c1ccc([N+](=O)[O-])cc1C(=O)NCC1COc2ccccc2O1. The van der Waals surface area contributed by atoms with Crippen molar-refractivity contribution in [2.45, 2.75) is 20.0 Å². The van der Waals surface area contributed by atoms with Gasteiger partial charge in [0.15, 0.2) is 11.5 Å². The molecule has 1 atom stereocenters. The average Bonchev–Trinajstić information content (AvgIpc) is 2.72. The molecule has 1 amide bonds. The Balaban J connectivity index is 1.74. The Morgan fingerprint density at radius 1 is 1.21 bits per heavy atom. The Labute approximate surface area is 163 Å². The number of hydrogen-bond acceptors (Lipinski definition) is 6. The second kappa shape index (κ2) is 8.60. The molecule has 8 nitrogen and oxygen atoms in total. The summed E-state index contributed by atoms with van der Waals surface area (Å²) in [5.74, 6) is 0.924. The van der Waals surface area contributed by atoms with Gasteiger partial charge in [-0.25, -0.2) is 0 Å². The van der Waals surface area contributed by atoms with Gasteiger partial charge in [-0.2, -0.15) is 0 Å². The van der Waals surface area contributed by atoms with Gasteiger partial charge in [-0.3, -0.25) is 14.9 Å². The molecule has 0 aromatic heterocycles. The third-order valence-corrected chi connectivity index (χ3v) is 4.60. The molecule has 2 aromatic rings. The van der Waals surface area contributed by atoms with Crippen LogP contribution in [0.5, 0.6) is 11.5 Å². The standard InChI is InChI=1S/C20H23N3O5/c1-3-22(4-2)17-10-9-14(23(25)26)11-16(17)20(24)21-12-15-13-27-18-7-5-6-8-19(18)28-15/h5-11,15H,3-4,12-13H2,1-2H3,(H,21,24). The molecule has 0 bridgehead atoms. The number of ether oxygens (including phenoxy) is 2. The summed E-state index contributed by atoms with van der Waals surface area (Å²) in [7, 11) is 0. The van der Waals surface area contributed by atoms with E-state index in [1.165, 1.54) is 12.1 Å². The maximum Gasteiger partial charge on any atom is 0.270 e. The summed E-state index contributed by atoms with van der Waals surface area (Å²) in [5.41, 5.74) is 0.821. The van der Waals surface area contributed by atoms with Crippen LogP contribution in [0.15, 0.2) is 42.5 Å². The summed E-state index contributed by atoms with van der Waals surface area (Å²) < 4.78 is 11.5. The first-order valence-electron chi connectivity index (χ1n) is 9.23. The van der Waals surface area contributed by atoms with Crippen molar-refractivity contribution < 1.29 is 19.2 Å². The smallest absolute Gasteiger partial charge is 0.270 e. The van der Waals surface area contributed by atoms with Crippen LogP contribution in [0.25, 0.3) is 0 Å². The number of amides is 1. The minimum Gasteiger partial charge on any atom is -0.486 e. The molecule has 1 unspecified atom stereocenters. The summed E-state index contributed by atoms with van der Waals surface area (Å²) in [6, 6.07) is 11.7. The molecule has 1 heterocycles. The summed E-state index contributed by atoms with van der Waals surface area (Å²) in [5, 5.41) is 14.0. The van der Waals surface area contributed by atoms with Crippen molar-refractivity contribution in [3.63, 3.8) is 0 Å². The summed E-state index contributed by atoms with van der Waals surface area (Å²) in [4.78, 5) is 25.4. The summed E-state index contributed by atoms with van der Waals surface area (Å²) in [6.45, 7) is 5.85. The first-order chi connectivity index (χ1) is 13.5. The zero-order valence-electron chi connectivity index (χ0n) is 15.9. The Bertz CT molecular complexity index is 867. The fourth-order valence-corrected chi connectivity index (χ4v) is 3.12. The topological polar surface area (TPSA) is 93.9 Å². The number of non-ortho nitro benzene ring substituents is 1. The van der Waals surface area contributed by atoms with E-state index in [4.69, 9.17) is 9.47 Å². The fourth-order valence-electron chi connectivity index (χ4n) is 3.12. The number of fused-ring (bicyclic) bond motifs is 1. The van der Waals surface area contributed by atoms with Crippen LogP contribution in [0.4, 0.5) is 11.4 Å². The Hall–Kier alpha value is -3.29. The molecule has 1 aliphatic heterocycles. The summed E-state index contributed by atoms with van der Waals surface area (Å²) in [6.07, 6.45) is -0.338. The van der Waals surface area contributed by atoms with Crippen LogP contribution in [0.2, 0.25) is 0 Å². The van der Waals surface area contributed by atoms with Gasteiger partial charge in [0.05, 0.1) is 17.0 Å². The molecule has 0 saturated heterocycles. The number of rotatable bonds is 7. The van der Waals surface area contributed by atoms with E-state index in [2.05, 4.69) is 5.32 Å². The van der Waals surface area contributed by atoms with Crippen molar-refractivity contribution in [3.05, 3.63) is 58.1 Å². The zero-order chi connectivity index (χ0) is 20.1. The average molecular weight is 385 g/mol. The van der Waals surface area contributed by atoms with E-state index in [1.807, 2.05) is 43.0 Å². The minimum absolute atomic E-state index is 0.118. The molecule has 28 heavy (non-hydrogen) atoms. The molecule has 1 N–H and O–H groups in total. The van der Waals surface area contributed by atoms with Crippen LogP contribution in [0.3, 0.4) is 0 Å². The van der Waals surface area contributed by atoms with Gasteiger partial charge in [0, 0.05) is 30.9 Å². The normalized spacial score (nSPS) is 15.0. The lowest BCUT2D eigenvalue weighted by molar-refractivity contribution is -0.384. The van der Waals surface area contributed by atoms with Crippen LogP contribution in [-0.4, -0.2) is 43.2 Å². The van der Waals surface area contributed by atoms with Gasteiger partial charge in [0.2, 0.25) is 0 Å². The van der Waals surface area contributed by atoms with Gasteiger partial charge in [0.1, 0.15) is 12.7 Å². The number of carbonyl (C=O) groups excluding carboxylic acids is 1. The van der Waals surface area contributed by atoms with Crippen LogP contribution in [0.1, 0.15) is 24.2 Å². The lowest BCUT2D eigenvalue weighted by atomic mass is 10.1. The quantitative estimate of drug-likeness (QED) is 0.582. The molecule has 0 saturated carbocycles. The van der Waals surface area contributed by atoms with Gasteiger partial charge in [-0.1, -0.05) is 12.1 Å². The second-order valence-corrected chi connectivity index (χ2v) is 6.34. The van der Waals surface area contributed by atoms with E-state index in [1.54, 1.807) is 6.07 Å². The zero-order valence-corrected chi connectivity index (χ0v) is 15.9. The first-order valence-corrected chi connectivity index (χ1v) is 9.23. The Kier molecular flexibility index (Phi) is 5.98. The van der Waals surface area contributed by atoms with Gasteiger partial charge < -0.3 is 19.7 Å². The molecule has 0 aliphatic carbocycles. The van der Waals surface area contributed by atoms with Crippen LogP contribution >= 0.6 is 0 Å². The molecular formula is C20H23N3O5. The van der Waals surface area contributed by atoms with E-state index >= 15 is 0 Å². The predicted molar refractivity (Wildman–Crippen MR) is 105 cm³/mol. The molecule has 148 valence electrons. The molecule has 1 aliphatic rings. The lowest BCUT2D eigenvalue weighted by Gasteiger charge is -2.27. The number of para-hydroxylation sites is 2. The molecule has 8 heteroatoms. The number of anilines is 1. The third kappa shape index (κ3) is 4.16. The van der Waals surface area contributed by atoms with Crippen LogP contribution in [-0.2, 0) is 0 Å². The number of nitro groups is 1. The van der Waals surface area contributed by atoms with E-state index in [0.717, 1.165) is 0 Å². The van der Waals surface area contributed by atoms with Crippen molar-refractivity contribution in [3.8, 4) is 11.5 Å². The lowest BCUT2D eigenvalue weighted by Crippen LogP contribution is -2.41. The van der Waals surface area contributed by atoms with Crippen molar-refractivity contribution in [2.75, 3.05) is 31.1 Å². The van der Waals surface area contributed by atoms with E-state index in [0.29, 0.717) is 36.9 Å². The highest BCUT2D eigenvalue weighted by Crippen LogP contribution is 2.31. The Morgan fingerprint density at radius 3 is 2.61 bits per heavy atom. The monoisotopic (exact) mass is 385 g/mol. The third-order valence-electron chi connectivity index (χ3n) is 4.60. The van der Waals surface area contributed by atoms with Crippen LogP contribution in [0, 0.1) is 10.1 Å². The van der Waals surface area contributed by atoms with Crippen molar-refractivity contribution >= 4 is 17.3 Å². The number of nitrogens with zero attached hydrogens (tertiary/aromatic N) is 2. The van der Waals surface area contributed by atoms with Gasteiger partial charge in [-0.05, 0) is 32.0 Å². The predicted octanol–water partition coefficient (Wildman–Crippen LogP) is 3.01. The molecule has 3 rings (SSSR count). The molecule has 0 radical (unpaired) electrons. The molecule has 0 fully saturated rings. The minimum atomic E-state index is -0.502. The first kappa shape index (κ1) is 19.5. The molecule has 2 aromatic carbocycles. The highest BCUT2D eigenvalue weighted by Gasteiger charge is 2.23. The Morgan fingerprint density at radius 2 is 1.93 bits per heavy atom. The van der Waals surface area contributed by atoms with E-state index in [-0.39, 0.29) is 29.8 Å². The van der Waals surface area contributed by atoms with Crippen LogP contribution < -0.4 is 19.7 Å². The van der Waals surface area contributed by atoms with Crippen molar-refractivity contribution in [1.29, 1.82) is 0 Å². The maximum absolute atomic E-state index is 12.8. The number of benzene rings is 2. The van der Waals surface area contributed by atoms with Gasteiger partial charge >= 0.3 is 0 Å². The fraction of sp³-hybridized carbons (Fsp3) is 0.350. The van der Waals surface area contributed by atoms with E-state index < -0.39 is 4.92 Å². The number of nitrogens with one attached hydrogen (secondary N) is 1. The van der Waals surface area contributed by atoms with Gasteiger partial charge in [-0.15, -0.1) is 0 Å². The number of hydrogen-bond donors (Lipinski definition) is 1. The largest absolute Gasteiger partial charge is 0.486 e. The van der Waals surface area contributed by atoms with Gasteiger partial charge in [0.25, 0.3) is 11.6 Å². The second-order valence-electron chi connectivity index (χ2n) is 6.34. The number of nitro benzene ring substituents is 1. The molecular weight excluding hydrogens is 362 g/mol.